The van der Waals surface area contributed by atoms with E-state index < -0.39 is 21.7 Å². The number of sulfonamides is 1. The number of pyridine rings is 1. The molecule has 0 saturated carbocycles. The number of hydrogen-bond donors (Lipinski definition) is 2. The van der Waals surface area contributed by atoms with Gasteiger partial charge in [-0.05, 0) is 12.1 Å². The van der Waals surface area contributed by atoms with E-state index in [1.54, 1.807) is 0 Å². The summed E-state index contributed by atoms with van der Waals surface area (Å²) in [5.41, 5.74) is 0.177. The Labute approximate surface area is 91.0 Å². The number of aliphatic carboxylic acids is 1. The number of carboxylic acids is 1. The number of nitrogens with zero attached hydrogens (tertiary/aromatic N) is 1. The summed E-state index contributed by atoms with van der Waals surface area (Å²) in [6.45, 7) is 0. The Morgan fingerprint density at radius 3 is 2.80 bits per heavy atom. The van der Waals surface area contributed by atoms with E-state index in [2.05, 4.69) is 9.71 Å². The Morgan fingerprint density at radius 2 is 2.27 bits per heavy atom. The van der Waals surface area contributed by atoms with Crippen LogP contribution >= 0.6 is 11.6 Å². The van der Waals surface area contributed by atoms with Crippen molar-refractivity contribution in [2.45, 2.75) is 0 Å². The molecule has 0 spiro atoms. The monoisotopic (exact) mass is 250 g/mol. The Bertz CT molecular complexity index is 474. The fraction of sp³-hybridized carbons (Fsp3) is 0.143. The lowest BCUT2D eigenvalue weighted by molar-refractivity contribution is -0.134. The second-order valence-electron chi connectivity index (χ2n) is 2.62. The van der Waals surface area contributed by atoms with Crippen LogP contribution in [-0.4, -0.2) is 30.2 Å². The molecule has 1 rings (SSSR count). The molecule has 0 saturated heterocycles. The molecule has 0 aliphatic carbocycles. The third kappa shape index (κ3) is 4.13. The van der Waals surface area contributed by atoms with E-state index in [0.29, 0.717) is 0 Å². The maximum Gasteiger partial charge on any atom is 0.320 e. The average molecular weight is 251 g/mol. The quantitative estimate of drug-likeness (QED) is 0.761. The van der Waals surface area contributed by atoms with E-state index in [9.17, 15) is 13.2 Å². The molecule has 2 N–H and O–H groups in total. The van der Waals surface area contributed by atoms with Crippen molar-refractivity contribution in [1.29, 1.82) is 0 Å². The van der Waals surface area contributed by atoms with Crippen molar-refractivity contribution in [3.63, 3.8) is 0 Å². The molecule has 15 heavy (non-hydrogen) atoms. The number of halogens is 1. The van der Waals surface area contributed by atoms with Gasteiger partial charge in [0, 0.05) is 6.20 Å². The van der Waals surface area contributed by atoms with Crippen molar-refractivity contribution in [2.75, 3.05) is 10.5 Å². The van der Waals surface area contributed by atoms with Crippen molar-refractivity contribution in [1.82, 2.24) is 4.98 Å². The van der Waals surface area contributed by atoms with Gasteiger partial charge in [0.2, 0.25) is 10.0 Å². The molecule has 0 fully saturated rings. The van der Waals surface area contributed by atoms with Crippen LogP contribution in [0.3, 0.4) is 0 Å². The van der Waals surface area contributed by atoms with Crippen LogP contribution in [0.5, 0.6) is 0 Å². The van der Waals surface area contributed by atoms with E-state index >= 15 is 0 Å². The Hall–Kier alpha value is -1.34. The minimum Gasteiger partial charge on any atom is -0.480 e. The first-order valence-corrected chi connectivity index (χ1v) is 5.76. The molecule has 0 aliphatic rings. The first-order valence-electron chi connectivity index (χ1n) is 3.73. The minimum absolute atomic E-state index is 0.116. The number of carbonyl (C=O) groups is 1. The molecular weight excluding hydrogens is 244 g/mol. The van der Waals surface area contributed by atoms with Gasteiger partial charge in [-0.25, -0.2) is 13.4 Å². The highest BCUT2D eigenvalue weighted by molar-refractivity contribution is 7.93. The highest BCUT2D eigenvalue weighted by Gasteiger charge is 2.15. The summed E-state index contributed by atoms with van der Waals surface area (Å²) in [5, 5.41) is 8.44. The molecular formula is C7H7ClN2O4S. The highest BCUT2D eigenvalue weighted by Crippen LogP contribution is 2.13. The summed E-state index contributed by atoms with van der Waals surface area (Å²) in [6, 6.07) is 2.65. The lowest BCUT2D eigenvalue weighted by Gasteiger charge is -2.05. The van der Waals surface area contributed by atoms with Crippen LogP contribution in [0.1, 0.15) is 0 Å². The van der Waals surface area contributed by atoms with Gasteiger partial charge in [-0.2, -0.15) is 0 Å². The van der Waals surface area contributed by atoms with Crippen molar-refractivity contribution in [3.8, 4) is 0 Å². The molecule has 1 heterocycles. The predicted molar refractivity (Wildman–Crippen MR) is 54.3 cm³/mol. The molecule has 0 amide bonds. The van der Waals surface area contributed by atoms with Gasteiger partial charge < -0.3 is 5.11 Å². The largest absolute Gasteiger partial charge is 0.480 e. The van der Waals surface area contributed by atoms with Crippen LogP contribution in [0.4, 0.5) is 5.69 Å². The third-order valence-corrected chi connectivity index (χ3v) is 2.69. The zero-order chi connectivity index (χ0) is 11.5. The van der Waals surface area contributed by atoms with Crippen LogP contribution in [0.2, 0.25) is 5.15 Å². The molecule has 0 aliphatic heterocycles. The van der Waals surface area contributed by atoms with Crippen molar-refractivity contribution in [3.05, 3.63) is 23.5 Å². The summed E-state index contributed by atoms with van der Waals surface area (Å²) < 4.78 is 24.4. The van der Waals surface area contributed by atoms with Gasteiger partial charge in [-0.3, -0.25) is 9.52 Å². The summed E-state index contributed by atoms with van der Waals surface area (Å²) >= 11 is 5.52. The number of aromatic nitrogens is 1. The molecule has 82 valence electrons. The van der Waals surface area contributed by atoms with E-state index in [1.165, 1.54) is 18.3 Å². The van der Waals surface area contributed by atoms with Gasteiger partial charge >= 0.3 is 5.97 Å². The zero-order valence-electron chi connectivity index (χ0n) is 7.34. The Morgan fingerprint density at radius 1 is 1.60 bits per heavy atom. The SMILES string of the molecule is O=C(O)CS(=O)(=O)Nc1ccnc(Cl)c1. The van der Waals surface area contributed by atoms with Crippen molar-refractivity contribution >= 4 is 33.3 Å². The standard InChI is InChI=1S/C7H7ClN2O4S/c8-6-3-5(1-2-9-6)10-15(13,14)4-7(11)12/h1-3H,4H2,(H,9,10)(H,11,12). The molecule has 0 unspecified atom stereocenters. The molecule has 1 aromatic rings. The van der Waals surface area contributed by atoms with E-state index in [0.717, 1.165) is 0 Å². The lowest BCUT2D eigenvalue weighted by atomic mass is 10.4. The number of anilines is 1. The van der Waals surface area contributed by atoms with Crippen LogP contribution in [-0.2, 0) is 14.8 Å². The first kappa shape index (κ1) is 11.7. The number of rotatable bonds is 4. The minimum atomic E-state index is -3.89. The molecule has 0 radical (unpaired) electrons. The number of hydrogen-bond acceptors (Lipinski definition) is 4. The normalized spacial score (nSPS) is 11.0. The van der Waals surface area contributed by atoms with Gasteiger partial charge in [0.15, 0.2) is 5.75 Å². The van der Waals surface area contributed by atoms with Crippen LogP contribution in [0.15, 0.2) is 18.3 Å². The molecule has 8 heteroatoms. The number of nitrogens with one attached hydrogen (secondary N) is 1. The third-order valence-electron chi connectivity index (χ3n) is 1.31. The molecule has 0 atom stereocenters. The fourth-order valence-electron chi connectivity index (χ4n) is 0.844. The van der Waals surface area contributed by atoms with Crippen LogP contribution in [0.25, 0.3) is 0 Å². The van der Waals surface area contributed by atoms with E-state index in [1.807, 2.05) is 0 Å². The van der Waals surface area contributed by atoms with Crippen LogP contribution < -0.4 is 4.72 Å². The second kappa shape index (κ2) is 4.45. The number of carboxylic acid groups (broad SMARTS) is 1. The zero-order valence-corrected chi connectivity index (χ0v) is 8.92. The topological polar surface area (TPSA) is 96.4 Å². The summed E-state index contributed by atoms with van der Waals surface area (Å²) in [4.78, 5) is 13.9. The lowest BCUT2D eigenvalue weighted by Crippen LogP contribution is -2.22. The average Bonchev–Trinajstić information content (AvgIpc) is 1.99. The smallest absolute Gasteiger partial charge is 0.320 e. The van der Waals surface area contributed by atoms with E-state index in [4.69, 9.17) is 16.7 Å². The second-order valence-corrected chi connectivity index (χ2v) is 4.73. The van der Waals surface area contributed by atoms with Gasteiger partial charge in [0.1, 0.15) is 5.15 Å². The van der Waals surface area contributed by atoms with Crippen molar-refractivity contribution < 1.29 is 18.3 Å². The maximum atomic E-state index is 11.2. The first-order chi connectivity index (χ1) is 6.89. The maximum absolute atomic E-state index is 11.2. The van der Waals surface area contributed by atoms with Crippen LogP contribution in [0, 0.1) is 0 Å². The molecule has 6 nitrogen and oxygen atoms in total. The predicted octanol–water partition coefficient (Wildman–Crippen LogP) is 0.561. The van der Waals surface area contributed by atoms with Gasteiger partial charge in [0.25, 0.3) is 0 Å². The Balaban J connectivity index is 2.82. The van der Waals surface area contributed by atoms with Gasteiger partial charge in [-0.1, -0.05) is 11.6 Å². The molecule has 1 aromatic heterocycles. The summed E-state index contributed by atoms with van der Waals surface area (Å²) in [6.07, 6.45) is 1.31. The van der Waals surface area contributed by atoms with E-state index in [-0.39, 0.29) is 10.8 Å². The Kier molecular flexibility index (Phi) is 3.48. The molecule has 0 bridgehead atoms. The summed E-state index contributed by atoms with van der Waals surface area (Å²) in [5.74, 6) is -2.42. The van der Waals surface area contributed by atoms with Crippen molar-refractivity contribution in [2.24, 2.45) is 0 Å². The summed E-state index contributed by atoms with van der Waals surface area (Å²) in [7, 11) is -3.89. The van der Waals surface area contributed by atoms with Gasteiger partial charge in [0.05, 0.1) is 5.69 Å². The highest BCUT2D eigenvalue weighted by atomic mass is 35.5. The van der Waals surface area contributed by atoms with Gasteiger partial charge in [-0.15, -0.1) is 0 Å². The molecule has 0 aromatic carbocycles. The fourth-order valence-corrected chi connectivity index (χ4v) is 1.90.